The van der Waals surface area contributed by atoms with Crippen LogP contribution in [0.4, 0.5) is 0 Å². The number of hydrogen-bond donors (Lipinski definition) is 2. The molecule has 4 rings (SSSR count). The molecule has 1 radical (unpaired) electrons. The number of aryl methyl sites for hydroxylation is 1. The molecular weight excluding hydrogens is 447 g/mol. The number of benzene rings is 1. The molecule has 3 aliphatic carbocycles. The standard InChI is InChI=1S/C18H24O8S2.K/c1-18-9-8-14-13-5-3-12(25-27(19,20)21)10-11(13)2-4-15(14)16(18)6-7-17(18)26-28(22,23)24;/h3,5,10,14-17H,2,4,6-9H2,1H3,(H,19,20,21)(H,22,23,24);. The van der Waals surface area contributed by atoms with Gasteiger partial charge in [0.05, 0.1) is 6.10 Å². The molecular formula is C18H24KO8S2. The Kier molecular flexibility index (Phi) is 6.99. The zero-order valence-electron chi connectivity index (χ0n) is 16.4. The van der Waals surface area contributed by atoms with Crippen molar-refractivity contribution < 1.29 is 34.3 Å². The Balaban J connectivity index is 0.00000240. The van der Waals surface area contributed by atoms with E-state index in [1.165, 1.54) is 5.56 Å². The summed E-state index contributed by atoms with van der Waals surface area (Å²) in [5, 5.41) is 0. The minimum Gasteiger partial charge on any atom is -0.362 e. The number of fused-ring (bicyclic) bond motifs is 5. The van der Waals surface area contributed by atoms with Crippen molar-refractivity contribution in [2.45, 2.75) is 57.5 Å². The molecule has 5 atom stereocenters. The van der Waals surface area contributed by atoms with Crippen molar-refractivity contribution in [1.29, 1.82) is 0 Å². The van der Waals surface area contributed by atoms with Crippen LogP contribution in [0, 0.1) is 17.3 Å². The van der Waals surface area contributed by atoms with Crippen LogP contribution in [0.2, 0.25) is 0 Å². The van der Waals surface area contributed by atoms with E-state index in [0.717, 1.165) is 37.7 Å². The SMILES string of the molecule is CC12CCC3c4ccc(OS(=O)(=O)O)cc4CCC3C1CCC2OS(=O)(=O)O.[K]. The molecule has 8 nitrogen and oxygen atoms in total. The largest absolute Gasteiger partial charge is 0.446 e. The van der Waals surface area contributed by atoms with E-state index in [0.29, 0.717) is 24.2 Å². The third kappa shape index (κ3) is 4.94. The number of hydrogen-bond acceptors (Lipinski definition) is 6. The summed E-state index contributed by atoms with van der Waals surface area (Å²) in [5.74, 6) is 1.10. The molecule has 0 aliphatic heterocycles. The normalized spacial score (nSPS) is 33.8. The maximum Gasteiger partial charge on any atom is 0.446 e. The fraction of sp³-hybridized carbons (Fsp3) is 0.667. The first-order valence-electron chi connectivity index (χ1n) is 9.42. The minimum atomic E-state index is -4.55. The molecule has 0 amide bonds. The van der Waals surface area contributed by atoms with Crippen LogP contribution in [0.15, 0.2) is 18.2 Å². The first kappa shape index (κ1) is 24.1. The summed E-state index contributed by atoms with van der Waals surface area (Å²) in [5.41, 5.74) is 1.90. The molecule has 29 heavy (non-hydrogen) atoms. The third-order valence-electron chi connectivity index (χ3n) is 7.05. The van der Waals surface area contributed by atoms with Gasteiger partial charge in [0.25, 0.3) is 0 Å². The van der Waals surface area contributed by atoms with Crippen LogP contribution < -0.4 is 4.18 Å². The van der Waals surface area contributed by atoms with Gasteiger partial charge in [-0.25, -0.2) is 4.18 Å². The maximum atomic E-state index is 11.2. The first-order valence-corrected chi connectivity index (χ1v) is 12.1. The van der Waals surface area contributed by atoms with Gasteiger partial charge in [-0.2, -0.15) is 16.8 Å². The molecule has 5 unspecified atom stereocenters. The molecule has 0 saturated heterocycles. The van der Waals surface area contributed by atoms with E-state index < -0.39 is 26.9 Å². The summed E-state index contributed by atoms with van der Waals surface area (Å²) >= 11 is 0. The Morgan fingerprint density at radius 3 is 2.41 bits per heavy atom. The second-order valence-corrected chi connectivity index (χ2v) is 10.5. The van der Waals surface area contributed by atoms with Crippen LogP contribution in [0.3, 0.4) is 0 Å². The fourth-order valence-corrected chi connectivity index (χ4v) is 6.95. The molecule has 0 spiro atoms. The summed E-state index contributed by atoms with van der Waals surface area (Å²) in [4.78, 5) is 0. The Bertz CT molecular complexity index is 993. The molecule has 1 aromatic rings. The molecule has 2 saturated carbocycles. The molecule has 2 fully saturated rings. The van der Waals surface area contributed by atoms with Crippen LogP contribution in [0.1, 0.15) is 56.1 Å². The minimum absolute atomic E-state index is 0. The van der Waals surface area contributed by atoms with Crippen molar-refractivity contribution in [1.82, 2.24) is 0 Å². The van der Waals surface area contributed by atoms with E-state index in [4.69, 9.17) is 13.3 Å². The van der Waals surface area contributed by atoms with Gasteiger partial charge in [0, 0.05) is 51.4 Å². The smallest absolute Gasteiger partial charge is 0.362 e. The Labute approximate surface area is 214 Å². The Hall–Kier alpha value is 0.436. The van der Waals surface area contributed by atoms with E-state index in [9.17, 15) is 16.8 Å². The van der Waals surface area contributed by atoms with Gasteiger partial charge in [0.1, 0.15) is 5.75 Å². The molecule has 2 N–H and O–H groups in total. The quantitative estimate of drug-likeness (QED) is 0.507. The Morgan fingerprint density at radius 2 is 1.76 bits per heavy atom. The van der Waals surface area contributed by atoms with Crippen molar-refractivity contribution >= 4 is 72.2 Å². The van der Waals surface area contributed by atoms with Gasteiger partial charge in [-0.3, -0.25) is 9.11 Å². The fourth-order valence-electron chi connectivity index (χ4n) is 5.99. The molecule has 11 heteroatoms. The van der Waals surface area contributed by atoms with Gasteiger partial charge in [-0.1, -0.05) is 13.0 Å². The zero-order valence-corrected chi connectivity index (χ0v) is 21.2. The van der Waals surface area contributed by atoms with Gasteiger partial charge in [0.15, 0.2) is 0 Å². The third-order valence-corrected chi connectivity index (χ3v) is 7.93. The monoisotopic (exact) mass is 471 g/mol. The molecule has 1 aromatic carbocycles. The van der Waals surface area contributed by atoms with Gasteiger partial charge in [-0.05, 0) is 85.0 Å². The van der Waals surface area contributed by atoms with E-state index in [-0.39, 0.29) is 62.5 Å². The predicted octanol–water partition coefficient (Wildman–Crippen LogP) is 2.53. The van der Waals surface area contributed by atoms with Crippen molar-refractivity contribution in [3.63, 3.8) is 0 Å². The second-order valence-electron chi connectivity index (χ2n) is 8.42. The van der Waals surface area contributed by atoms with Crippen molar-refractivity contribution in [3.8, 4) is 5.75 Å². The van der Waals surface area contributed by atoms with Gasteiger partial charge >= 0.3 is 20.8 Å². The van der Waals surface area contributed by atoms with E-state index in [2.05, 4.69) is 11.1 Å². The zero-order chi connectivity index (χ0) is 20.3. The summed E-state index contributed by atoms with van der Waals surface area (Å²) in [6.45, 7) is 2.06. The van der Waals surface area contributed by atoms with Gasteiger partial charge in [-0.15, -0.1) is 0 Å². The molecule has 0 bridgehead atoms. The van der Waals surface area contributed by atoms with Crippen LogP contribution in [0.25, 0.3) is 0 Å². The molecule has 0 aromatic heterocycles. The summed E-state index contributed by atoms with van der Waals surface area (Å²) in [6.07, 6.45) is 4.30. The number of rotatable bonds is 4. The van der Waals surface area contributed by atoms with E-state index in [1.54, 1.807) is 12.1 Å². The molecule has 0 heterocycles. The van der Waals surface area contributed by atoms with Gasteiger partial charge < -0.3 is 4.18 Å². The van der Waals surface area contributed by atoms with Crippen LogP contribution >= 0.6 is 0 Å². The maximum absolute atomic E-state index is 11.2. The van der Waals surface area contributed by atoms with Crippen molar-refractivity contribution in [2.75, 3.05) is 0 Å². The van der Waals surface area contributed by atoms with Crippen molar-refractivity contribution in [2.24, 2.45) is 17.3 Å². The summed E-state index contributed by atoms with van der Waals surface area (Å²) in [6, 6.07) is 5.10. The predicted molar refractivity (Wildman–Crippen MR) is 105 cm³/mol. The Morgan fingerprint density at radius 1 is 1.03 bits per heavy atom. The summed E-state index contributed by atoms with van der Waals surface area (Å²) < 4.78 is 72.0. The van der Waals surface area contributed by atoms with Crippen LogP contribution in [-0.4, -0.2) is 83.4 Å². The molecule has 3 aliphatic rings. The molecule has 157 valence electrons. The van der Waals surface area contributed by atoms with E-state index >= 15 is 0 Å². The average Bonchev–Trinajstić information content (AvgIpc) is 2.88. The second kappa shape index (κ2) is 8.41. The van der Waals surface area contributed by atoms with Crippen LogP contribution in [-0.2, 0) is 31.4 Å². The van der Waals surface area contributed by atoms with Crippen molar-refractivity contribution in [3.05, 3.63) is 29.3 Å². The van der Waals surface area contributed by atoms with Gasteiger partial charge in [0.2, 0.25) is 0 Å². The summed E-state index contributed by atoms with van der Waals surface area (Å²) in [7, 11) is -9.03. The topological polar surface area (TPSA) is 127 Å². The van der Waals surface area contributed by atoms with E-state index in [1.807, 2.05) is 6.07 Å². The first-order chi connectivity index (χ1) is 13.0. The average molecular weight is 472 g/mol. The van der Waals surface area contributed by atoms with Crippen LogP contribution in [0.5, 0.6) is 5.75 Å².